The third kappa shape index (κ3) is 4.28. The Kier molecular flexibility index (Phi) is 6.23. The number of aryl methyl sites for hydroxylation is 1. The van der Waals surface area contributed by atoms with Gasteiger partial charge in [-0.15, -0.1) is 0 Å². The molecule has 0 aliphatic carbocycles. The molecule has 1 aromatic heterocycles. The molecule has 0 atom stereocenters. The van der Waals surface area contributed by atoms with Gasteiger partial charge in [0.05, 0.1) is 6.20 Å². The molecule has 0 fully saturated rings. The van der Waals surface area contributed by atoms with Crippen molar-refractivity contribution >= 4 is 17.4 Å². The maximum Gasteiger partial charge on any atom is 0.287 e. The molecule has 3 aromatic rings. The number of nitrogens with zero attached hydrogens (tertiary/aromatic N) is 2. The highest BCUT2D eigenvalue weighted by Gasteiger charge is 2.12. The summed E-state index contributed by atoms with van der Waals surface area (Å²) in [6.07, 6.45) is 3.57. The topological polar surface area (TPSA) is 33.8 Å². The molecular weight excluding hydrogens is 388 g/mol. The van der Waals surface area contributed by atoms with E-state index < -0.39 is 0 Å². The highest BCUT2D eigenvalue weighted by molar-refractivity contribution is 6.30. The third-order valence-corrected chi connectivity index (χ3v) is 3.93. The van der Waals surface area contributed by atoms with Crippen LogP contribution in [-0.4, -0.2) is 10.8 Å². The molecule has 0 saturated heterocycles. The third-order valence-electron chi connectivity index (χ3n) is 3.68. The predicted octanol–water partition coefficient (Wildman–Crippen LogP) is 0.885. The van der Waals surface area contributed by atoms with Gasteiger partial charge in [-0.3, -0.25) is 4.79 Å². The van der Waals surface area contributed by atoms with Crippen LogP contribution in [0.3, 0.4) is 0 Å². The molecule has 0 saturated carbocycles. The van der Waals surface area contributed by atoms with Gasteiger partial charge in [0.1, 0.15) is 0 Å². The van der Waals surface area contributed by atoms with E-state index in [2.05, 4.69) is 18.0 Å². The van der Waals surface area contributed by atoms with E-state index in [0.29, 0.717) is 10.6 Å². The van der Waals surface area contributed by atoms with E-state index in [4.69, 9.17) is 11.6 Å². The van der Waals surface area contributed by atoms with Gasteiger partial charge >= 0.3 is 0 Å². The molecule has 0 spiro atoms. The number of carbonyl (C=O) groups excluding carboxylic acids is 1. The number of Topliss-reactive ketones (excluding diaryl/α,β-unsaturated/α-hetero) is 1. The van der Waals surface area contributed by atoms with Gasteiger partial charge in [0, 0.05) is 22.2 Å². The minimum atomic E-state index is 0. The van der Waals surface area contributed by atoms with E-state index in [1.165, 1.54) is 5.56 Å². The Morgan fingerprint density at radius 2 is 1.79 bits per heavy atom. The minimum Gasteiger partial charge on any atom is -1.00 e. The summed E-state index contributed by atoms with van der Waals surface area (Å²) in [5, 5.41) is 0.624. The SMILES string of the molecule is Cc1ccccc1-c1cc[n+](CC(=O)c2ccc(Cl)cc2)cn1.[Br-]. The van der Waals surface area contributed by atoms with Crippen molar-refractivity contribution in [2.24, 2.45) is 0 Å². The smallest absolute Gasteiger partial charge is 0.287 e. The van der Waals surface area contributed by atoms with Gasteiger partial charge in [0.2, 0.25) is 5.78 Å². The zero-order chi connectivity index (χ0) is 16.2. The average Bonchev–Trinajstić information content (AvgIpc) is 2.57. The highest BCUT2D eigenvalue weighted by atomic mass is 79.9. The monoisotopic (exact) mass is 402 g/mol. The zero-order valence-corrected chi connectivity index (χ0v) is 15.5. The van der Waals surface area contributed by atoms with Crippen LogP contribution < -0.4 is 21.5 Å². The van der Waals surface area contributed by atoms with Gasteiger partial charge in [0.15, 0.2) is 12.2 Å². The summed E-state index contributed by atoms with van der Waals surface area (Å²) in [5.74, 6) is 0.0251. The van der Waals surface area contributed by atoms with Crippen molar-refractivity contribution in [3.05, 3.63) is 83.3 Å². The van der Waals surface area contributed by atoms with Crippen LogP contribution in [0.1, 0.15) is 15.9 Å². The van der Waals surface area contributed by atoms with Crippen LogP contribution in [0.5, 0.6) is 0 Å². The Morgan fingerprint density at radius 3 is 2.42 bits per heavy atom. The molecule has 1 heterocycles. The Labute approximate surface area is 156 Å². The second-order valence-electron chi connectivity index (χ2n) is 5.36. The quantitative estimate of drug-likeness (QED) is 0.479. The summed E-state index contributed by atoms with van der Waals surface area (Å²) < 4.78 is 1.78. The molecule has 0 amide bonds. The average molecular weight is 404 g/mol. The Hall–Kier alpha value is -2.04. The lowest BCUT2D eigenvalue weighted by Crippen LogP contribution is -3.00. The molecule has 0 aliphatic rings. The lowest BCUT2D eigenvalue weighted by molar-refractivity contribution is -0.686. The summed E-state index contributed by atoms with van der Waals surface area (Å²) >= 11 is 5.84. The normalized spacial score (nSPS) is 10.1. The number of hydrogen-bond acceptors (Lipinski definition) is 2. The second kappa shape index (κ2) is 8.18. The fourth-order valence-corrected chi connectivity index (χ4v) is 2.52. The summed E-state index contributed by atoms with van der Waals surface area (Å²) in [6.45, 7) is 2.31. The number of carbonyl (C=O) groups is 1. The number of halogens is 2. The zero-order valence-electron chi connectivity index (χ0n) is 13.1. The maximum absolute atomic E-state index is 12.2. The second-order valence-corrected chi connectivity index (χ2v) is 5.80. The summed E-state index contributed by atoms with van der Waals surface area (Å²) in [4.78, 5) is 16.7. The van der Waals surface area contributed by atoms with Crippen LogP contribution in [0.2, 0.25) is 5.02 Å². The first-order valence-electron chi connectivity index (χ1n) is 7.33. The molecule has 3 rings (SSSR count). The van der Waals surface area contributed by atoms with Crippen molar-refractivity contribution in [3.8, 4) is 11.3 Å². The van der Waals surface area contributed by atoms with Crippen LogP contribution in [-0.2, 0) is 6.54 Å². The van der Waals surface area contributed by atoms with Gasteiger partial charge < -0.3 is 17.0 Å². The number of ketones is 1. The summed E-state index contributed by atoms with van der Waals surface area (Å²) in [5.41, 5.74) is 3.82. The molecule has 3 nitrogen and oxygen atoms in total. The van der Waals surface area contributed by atoms with Crippen molar-refractivity contribution in [1.29, 1.82) is 0 Å². The van der Waals surface area contributed by atoms with Gasteiger partial charge in [-0.2, -0.15) is 0 Å². The number of hydrogen-bond donors (Lipinski definition) is 0. The van der Waals surface area contributed by atoms with Crippen LogP contribution in [0.4, 0.5) is 0 Å². The molecule has 5 heteroatoms. The van der Waals surface area contributed by atoms with Crippen LogP contribution in [0.15, 0.2) is 67.1 Å². The first kappa shape index (κ1) is 18.3. The fraction of sp³-hybridized carbons (Fsp3) is 0.105. The molecule has 0 aliphatic heterocycles. The first-order chi connectivity index (χ1) is 11.1. The molecule has 24 heavy (non-hydrogen) atoms. The lowest BCUT2D eigenvalue weighted by atomic mass is 10.1. The predicted molar refractivity (Wildman–Crippen MR) is 90.4 cm³/mol. The van der Waals surface area contributed by atoms with Crippen molar-refractivity contribution < 1.29 is 26.3 Å². The number of aromatic nitrogens is 2. The lowest BCUT2D eigenvalue weighted by Gasteiger charge is -2.02. The number of rotatable bonds is 4. The Balaban J connectivity index is 0.00000208. The molecule has 0 radical (unpaired) electrons. The molecule has 2 aromatic carbocycles. The van der Waals surface area contributed by atoms with Gasteiger partial charge in [-0.1, -0.05) is 35.9 Å². The Morgan fingerprint density at radius 1 is 1.08 bits per heavy atom. The van der Waals surface area contributed by atoms with E-state index in [-0.39, 0.29) is 29.3 Å². The maximum atomic E-state index is 12.2. The van der Waals surface area contributed by atoms with Crippen LogP contribution in [0.25, 0.3) is 11.3 Å². The first-order valence-corrected chi connectivity index (χ1v) is 7.71. The van der Waals surface area contributed by atoms with E-state index in [1.54, 1.807) is 35.2 Å². The fourth-order valence-electron chi connectivity index (χ4n) is 2.39. The minimum absolute atomic E-state index is 0. The largest absolute Gasteiger partial charge is 1.00 e. The van der Waals surface area contributed by atoms with E-state index >= 15 is 0 Å². The van der Waals surface area contributed by atoms with Crippen molar-refractivity contribution in [2.75, 3.05) is 0 Å². The van der Waals surface area contributed by atoms with Gasteiger partial charge in [0.25, 0.3) is 6.33 Å². The van der Waals surface area contributed by atoms with Crippen molar-refractivity contribution in [1.82, 2.24) is 4.98 Å². The Bertz CT molecular complexity index is 833. The van der Waals surface area contributed by atoms with E-state index in [0.717, 1.165) is 11.3 Å². The molecule has 0 N–H and O–H groups in total. The van der Waals surface area contributed by atoms with Crippen LogP contribution >= 0.6 is 11.6 Å². The highest BCUT2D eigenvalue weighted by Crippen LogP contribution is 2.19. The van der Waals surface area contributed by atoms with Crippen LogP contribution in [0, 0.1) is 6.92 Å². The van der Waals surface area contributed by atoms with E-state index in [1.807, 2.05) is 30.5 Å². The molecule has 122 valence electrons. The molecular formula is C19H16BrClN2O. The van der Waals surface area contributed by atoms with Crippen molar-refractivity contribution in [3.63, 3.8) is 0 Å². The van der Waals surface area contributed by atoms with Gasteiger partial charge in [-0.25, -0.2) is 4.57 Å². The molecule has 0 unspecified atom stereocenters. The van der Waals surface area contributed by atoms with E-state index in [9.17, 15) is 4.79 Å². The van der Waals surface area contributed by atoms with Crippen molar-refractivity contribution in [2.45, 2.75) is 13.5 Å². The standard InChI is InChI=1S/C19H16ClN2O.BrH/c1-14-4-2-3-5-17(14)18-10-11-22(13-21-18)12-19(23)15-6-8-16(20)9-7-15;/h2-11,13H,12H2,1H3;1H/q+1;/p-1. The van der Waals surface area contributed by atoms with Gasteiger partial charge in [-0.05, 0) is 41.7 Å². The summed E-state index contributed by atoms with van der Waals surface area (Å²) in [7, 11) is 0. The molecule has 0 bridgehead atoms. The summed E-state index contributed by atoms with van der Waals surface area (Å²) in [6, 6.07) is 16.9. The number of benzene rings is 2.